The van der Waals surface area contributed by atoms with Crippen LogP contribution in [0.3, 0.4) is 0 Å². The topological polar surface area (TPSA) is 67.2 Å². The summed E-state index contributed by atoms with van der Waals surface area (Å²) in [6.07, 6.45) is 4.47. The van der Waals surface area contributed by atoms with E-state index in [-0.39, 0.29) is 30.0 Å². The van der Waals surface area contributed by atoms with E-state index >= 15 is 0 Å². The summed E-state index contributed by atoms with van der Waals surface area (Å²) in [5.74, 6) is 0.179. The van der Waals surface area contributed by atoms with Crippen LogP contribution in [0.15, 0.2) is 66.0 Å². The van der Waals surface area contributed by atoms with Gasteiger partial charge in [-0.05, 0) is 37.5 Å². The van der Waals surface area contributed by atoms with Gasteiger partial charge in [0, 0.05) is 18.5 Å². The largest absolute Gasteiger partial charge is 0.324 e. The monoisotopic (exact) mass is 432 g/mol. The molecule has 2 aromatic carbocycles. The summed E-state index contributed by atoms with van der Waals surface area (Å²) in [7, 11) is 0. The van der Waals surface area contributed by atoms with Crippen LogP contribution in [-0.2, 0) is 9.59 Å². The van der Waals surface area contributed by atoms with Crippen molar-refractivity contribution in [1.29, 1.82) is 0 Å². The van der Waals surface area contributed by atoms with Gasteiger partial charge in [0.05, 0.1) is 29.0 Å². The van der Waals surface area contributed by atoms with Crippen molar-refractivity contribution < 1.29 is 9.59 Å². The van der Waals surface area contributed by atoms with Crippen molar-refractivity contribution in [3.63, 3.8) is 0 Å². The third-order valence-corrected chi connectivity index (χ3v) is 6.65. The Kier molecular flexibility index (Phi) is 5.28. The predicted octanol–water partition coefficient (Wildman–Crippen LogP) is 4.74. The van der Waals surface area contributed by atoms with Gasteiger partial charge in [-0.25, -0.2) is 4.98 Å². The van der Waals surface area contributed by atoms with E-state index in [9.17, 15) is 9.59 Å². The second-order valence-corrected chi connectivity index (χ2v) is 9.01. The number of amides is 2. The van der Waals surface area contributed by atoms with Gasteiger partial charge in [-0.3, -0.25) is 9.59 Å². The maximum absolute atomic E-state index is 13.3. The first-order valence-electron chi connectivity index (χ1n) is 10.6. The van der Waals surface area contributed by atoms with E-state index in [1.807, 2.05) is 55.6 Å². The molecule has 31 heavy (non-hydrogen) atoms. The smallest absolute Gasteiger partial charge is 0.237 e. The Balaban J connectivity index is 1.39. The molecule has 2 aliphatic rings. The predicted molar refractivity (Wildman–Crippen MR) is 123 cm³/mol. The molecule has 1 aliphatic heterocycles. The molecule has 7 heteroatoms. The van der Waals surface area contributed by atoms with E-state index in [1.54, 1.807) is 4.90 Å². The second-order valence-electron chi connectivity index (χ2n) is 8.06. The highest BCUT2D eigenvalue weighted by Crippen LogP contribution is 2.42. The van der Waals surface area contributed by atoms with Gasteiger partial charge in [-0.15, -0.1) is 0 Å². The number of hydrogen-bond donors (Lipinski definition) is 1. The van der Waals surface area contributed by atoms with Crippen molar-refractivity contribution in [1.82, 2.24) is 9.55 Å². The normalized spacial score (nSPS) is 18.3. The quantitative estimate of drug-likeness (QED) is 0.592. The minimum Gasteiger partial charge on any atom is -0.324 e. The third-order valence-electron chi connectivity index (χ3n) is 5.70. The van der Waals surface area contributed by atoms with Gasteiger partial charge in [-0.1, -0.05) is 54.2 Å². The van der Waals surface area contributed by atoms with E-state index in [2.05, 4.69) is 27.0 Å². The Morgan fingerprint density at radius 3 is 2.65 bits per heavy atom. The van der Waals surface area contributed by atoms with Crippen LogP contribution in [0.1, 0.15) is 32.2 Å². The van der Waals surface area contributed by atoms with Gasteiger partial charge in [0.25, 0.3) is 0 Å². The fourth-order valence-electron chi connectivity index (χ4n) is 4.12. The van der Waals surface area contributed by atoms with Crippen molar-refractivity contribution in [2.24, 2.45) is 0 Å². The Morgan fingerprint density at radius 1 is 1.13 bits per heavy atom. The van der Waals surface area contributed by atoms with E-state index < -0.39 is 0 Å². The minimum absolute atomic E-state index is 0.0203. The number of nitrogens with one attached hydrogen (secondary N) is 1. The summed E-state index contributed by atoms with van der Waals surface area (Å²) in [6, 6.07) is 18.0. The highest BCUT2D eigenvalue weighted by Gasteiger charge is 2.32. The maximum Gasteiger partial charge on any atom is 0.237 e. The first-order chi connectivity index (χ1) is 15.1. The summed E-state index contributed by atoms with van der Waals surface area (Å²) < 4.78 is 2.28. The Labute approximate surface area is 185 Å². The number of thioether (sulfide) groups is 1. The van der Waals surface area contributed by atoms with E-state index in [0.29, 0.717) is 11.7 Å². The number of imidazole rings is 1. The molecule has 3 aromatic rings. The second kappa shape index (κ2) is 8.23. The van der Waals surface area contributed by atoms with Crippen LogP contribution in [0, 0.1) is 0 Å². The summed E-state index contributed by atoms with van der Waals surface area (Å²) in [4.78, 5) is 31.9. The average molecular weight is 433 g/mol. The summed E-state index contributed by atoms with van der Waals surface area (Å²) in [5, 5.41) is 3.78. The van der Waals surface area contributed by atoms with Gasteiger partial charge in [0.1, 0.15) is 0 Å². The van der Waals surface area contributed by atoms with Crippen molar-refractivity contribution in [2.75, 3.05) is 16.0 Å². The lowest BCUT2D eigenvalue weighted by molar-refractivity contribution is -0.117. The number of nitrogens with zero attached hydrogens (tertiary/aromatic N) is 3. The van der Waals surface area contributed by atoms with Crippen molar-refractivity contribution in [3.05, 3.63) is 60.8 Å². The number of carbonyl (C=O) groups is 2. The fourth-order valence-corrected chi connectivity index (χ4v) is 5.03. The number of benzene rings is 2. The number of anilines is 2. The molecule has 6 nitrogen and oxygen atoms in total. The van der Waals surface area contributed by atoms with Crippen LogP contribution in [0.5, 0.6) is 0 Å². The van der Waals surface area contributed by atoms with E-state index in [0.717, 1.165) is 34.9 Å². The summed E-state index contributed by atoms with van der Waals surface area (Å²) in [6.45, 7) is 1.92. The number of carbonyl (C=O) groups excluding carboxylic acids is 2. The molecule has 1 aromatic heterocycles. The molecule has 0 radical (unpaired) electrons. The highest BCUT2D eigenvalue weighted by molar-refractivity contribution is 7.99. The van der Waals surface area contributed by atoms with Gasteiger partial charge < -0.3 is 14.8 Å². The molecule has 0 unspecified atom stereocenters. The SMILES string of the molecule is C[C@H]1CC(=O)Nc2ccccc2N1C(=O)CSc1ncc(-c2ccccc2)n1C1CC1. The molecular formula is C24H24N4O2S. The lowest BCUT2D eigenvalue weighted by Gasteiger charge is -2.27. The van der Waals surface area contributed by atoms with Crippen molar-refractivity contribution in [3.8, 4) is 11.3 Å². The van der Waals surface area contributed by atoms with Crippen LogP contribution in [0.4, 0.5) is 11.4 Å². The molecule has 0 saturated heterocycles. The lowest BCUT2D eigenvalue weighted by atomic mass is 10.2. The Morgan fingerprint density at radius 2 is 1.87 bits per heavy atom. The zero-order chi connectivity index (χ0) is 21.4. The first kappa shape index (κ1) is 19.9. The van der Waals surface area contributed by atoms with E-state index in [4.69, 9.17) is 0 Å². The number of rotatable bonds is 5. The molecule has 1 N–H and O–H groups in total. The molecular weight excluding hydrogens is 408 g/mol. The molecule has 1 saturated carbocycles. The van der Waals surface area contributed by atoms with Crippen LogP contribution < -0.4 is 10.2 Å². The molecule has 158 valence electrons. The molecule has 0 bridgehead atoms. The first-order valence-corrected chi connectivity index (χ1v) is 11.6. The van der Waals surface area contributed by atoms with Gasteiger partial charge in [0.2, 0.25) is 11.8 Å². The number of fused-ring (bicyclic) bond motifs is 1. The molecule has 1 fully saturated rings. The number of aromatic nitrogens is 2. The number of hydrogen-bond acceptors (Lipinski definition) is 4. The summed E-state index contributed by atoms with van der Waals surface area (Å²) >= 11 is 1.47. The zero-order valence-corrected chi connectivity index (χ0v) is 18.1. The van der Waals surface area contributed by atoms with Gasteiger partial charge in [0.15, 0.2) is 5.16 Å². The van der Waals surface area contributed by atoms with Crippen molar-refractivity contribution >= 4 is 35.0 Å². The maximum atomic E-state index is 13.3. The third kappa shape index (κ3) is 3.97. The van der Waals surface area contributed by atoms with Gasteiger partial charge >= 0.3 is 0 Å². The molecule has 1 atom stereocenters. The van der Waals surface area contributed by atoms with Crippen LogP contribution in [0.2, 0.25) is 0 Å². The molecule has 1 aliphatic carbocycles. The zero-order valence-electron chi connectivity index (χ0n) is 17.3. The van der Waals surface area contributed by atoms with Crippen LogP contribution >= 0.6 is 11.8 Å². The van der Waals surface area contributed by atoms with Crippen LogP contribution in [0.25, 0.3) is 11.3 Å². The lowest BCUT2D eigenvalue weighted by Crippen LogP contribution is -2.40. The highest BCUT2D eigenvalue weighted by atomic mass is 32.2. The number of para-hydroxylation sites is 2. The Bertz CT molecular complexity index is 1120. The van der Waals surface area contributed by atoms with Gasteiger partial charge in [-0.2, -0.15) is 0 Å². The molecule has 5 rings (SSSR count). The average Bonchev–Trinajstić information content (AvgIpc) is 3.54. The van der Waals surface area contributed by atoms with E-state index in [1.165, 1.54) is 11.8 Å². The molecule has 2 heterocycles. The summed E-state index contributed by atoms with van der Waals surface area (Å²) in [5.41, 5.74) is 3.67. The van der Waals surface area contributed by atoms with Crippen LogP contribution in [-0.4, -0.2) is 33.2 Å². The Hall–Kier alpha value is -3.06. The van der Waals surface area contributed by atoms with Crippen molar-refractivity contribution in [2.45, 2.75) is 43.4 Å². The fraction of sp³-hybridized carbons (Fsp3) is 0.292. The standard InChI is InChI=1S/C24H24N4O2S/c1-16-13-22(29)26-19-9-5-6-10-20(19)27(16)23(30)15-31-24-25-14-21(28(24)18-11-12-18)17-7-3-2-4-8-17/h2-10,14,16,18H,11-13,15H2,1H3,(H,26,29)/t16-/m0/s1. The molecule has 0 spiro atoms. The molecule has 2 amide bonds. The minimum atomic E-state index is -0.209.